The van der Waals surface area contributed by atoms with Gasteiger partial charge < -0.3 is 4.74 Å². The van der Waals surface area contributed by atoms with Crippen molar-refractivity contribution in [3.63, 3.8) is 0 Å². The van der Waals surface area contributed by atoms with Crippen molar-refractivity contribution in [3.05, 3.63) is 54.1 Å². The van der Waals surface area contributed by atoms with Gasteiger partial charge in [0.25, 0.3) is 0 Å². The van der Waals surface area contributed by atoms with Crippen LogP contribution in [0.15, 0.2) is 53.4 Å². The Hall–Kier alpha value is -2.46. The second-order valence-electron chi connectivity index (χ2n) is 8.29. The van der Waals surface area contributed by atoms with Crippen molar-refractivity contribution < 1.29 is 35.5 Å². The molecule has 0 amide bonds. The average molecular weight is 490 g/mol. The van der Waals surface area contributed by atoms with Crippen LogP contribution in [0.2, 0.25) is 0 Å². The lowest BCUT2D eigenvalue weighted by Gasteiger charge is -2.29. The van der Waals surface area contributed by atoms with Crippen molar-refractivity contribution in [3.8, 4) is 11.1 Å². The fourth-order valence-electron chi connectivity index (χ4n) is 3.28. The van der Waals surface area contributed by atoms with Crippen LogP contribution in [0.4, 0.5) is 17.6 Å². The van der Waals surface area contributed by atoms with Crippen molar-refractivity contribution in [2.45, 2.75) is 56.0 Å². The molecule has 0 spiro atoms. The van der Waals surface area contributed by atoms with Gasteiger partial charge in [-0.1, -0.05) is 36.4 Å². The molecule has 0 saturated carbocycles. The second kappa shape index (κ2) is 10.2. The van der Waals surface area contributed by atoms with Gasteiger partial charge in [0, 0.05) is 12.7 Å². The molecule has 0 radical (unpaired) electrons. The van der Waals surface area contributed by atoms with Gasteiger partial charge in [-0.3, -0.25) is 10.1 Å². The van der Waals surface area contributed by atoms with Crippen LogP contribution in [-0.2, 0) is 19.4 Å². The van der Waals surface area contributed by atoms with E-state index >= 15 is 0 Å². The highest BCUT2D eigenvalue weighted by atomic mass is 32.2. The fraction of sp³-hybridized carbons (Fsp3) is 0.435. The van der Waals surface area contributed by atoms with Crippen LogP contribution in [0.3, 0.4) is 0 Å². The Morgan fingerprint density at radius 2 is 1.45 bits per heavy atom. The van der Waals surface area contributed by atoms with Crippen molar-refractivity contribution in [1.29, 1.82) is 0 Å². The third-order valence-corrected chi connectivity index (χ3v) is 5.94. The number of alkyl halides is 4. The zero-order valence-electron chi connectivity index (χ0n) is 18.7. The number of hydrogen-bond acceptors (Lipinski definition) is 5. The molecule has 0 aliphatic rings. The molecule has 0 aromatic heterocycles. The molecule has 5 nitrogen and oxygen atoms in total. The van der Waals surface area contributed by atoms with Crippen LogP contribution in [-0.4, -0.2) is 45.1 Å². The summed E-state index contributed by atoms with van der Waals surface area (Å²) in [7, 11) is -3.37. The highest BCUT2D eigenvalue weighted by molar-refractivity contribution is 7.90. The number of rotatable bonds is 9. The van der Waals surface area contributed by atoms with Gasteiger partial charge in [-0.15, -0.1) is 0 Å². The first-order valence-corrected chi connectivity index (χ1v) is 12.1. The average Bonchev–Trinajstić information content (AvgIpc) is 2.69. The van der Waals surface area contributed by atoms with Gasteiger partial charge >= 0.3 is 12.1 Å². The molecule has 2 rings (SSSR count). The normalized spacial score (nSPS) is 14.5. The number of carbonyl (C=O) groups is 1. The van der Waals surface area contributed by atoms with Crippen LogP contribution in [0, 0.1) is 0 Å². The molecule has 0 aliphatic heterocycles. The lowest BCUT2D eigenvalue weighted by Crippen LogP contribution is -2.47. The topological polar surface area (TPSA) is 72.5 Å². The molecular formula is C23H27F4NO4S. The zero-order chi connectivity index (χ0) is 25.0. The Balaban J connectivity index is 2.33. The third kappa shape index (κ3) is 7.82. The van der Waals surface area contributed by atoms with E-state index in [1.165, 1.54) is 57.2 Å². The lowest BCUT2D eigenvalue weighted by molar-refractivity contribution is -0.165. The summed E-state index contributed by atoms with van der Waals surface area (Å²) in [4.78, 5) is 12.3. The smallest absolute Gasteiger partial charge is 0.407 e. The second-order valence-corrected chi connectivity index (χ2v) is 10.3. The number of halogens is 4. The van der Waals surface area contributed by atoms with E-state index in [4.69, 9.17) is 4.74 Å². The highest BCUT2D eigenvalue weighted by Gasteiger charge is 2.44. The molecule has 0 aliphatic carbocycles. The molecule has 33 heavy (non-hydrogen) atoms. The maximum Gasteiger partial charge on any atom is 0.407 e. The fourth-order valence-corrected chi connectivity index (χ4v) is 3.91. The minimum absolute atomic E-state index is 0.0484. The summed E-state index contributed by atoms with van der Waals surface area (Å²) < 4.78 is 83.8. The number of esters is 1. The molecule has 0 fully saturated rings. The summed E-state index contributed by atoms with van der Waals surface area (Å²) in [5.74, 6) is -0.958. The van der Waals surface area contributed by atoms with E-state index in [1.807, 2.05) is 0 Å². The Morgan fingerprint density at radius 3 is 1.85 bits per heavy atom. The molecule has 10 heteroatoms. The van der Waals surface area contributed by atoms with Gasteiger partial charge in [0.1, 0.15) is 17.8 Å². The minimum atomic E-state index is -4.76. The first-order valence-electron chi connectivity index (χ1n) is 10.2. The summed E-state index contributed by atoms with van der Waals surface area (Å²) in [6.45, 7) is 3.81. The van der Waals surface area contributed by atoms with Crippen LogP contribution < -0.4 is 5.32 Å². The van der Waals surface area contributed by atoms with Gasteiger partial charge in [-0.25, -0.2) is 12.8 Å². The van der Waals surface area contributed by atoms with Crippen molar-refractivity contribution >= 4 is 15.8 Å². The predicted octanol–water partition coefficient (Wildman–Crippen LogP) is 5.02. The maximum atomic E-state index is 14.2. The van der Waals surface area contributed by atoms with E-state index in [0.717, 1.165) is 6.26 Å². The van der Waals surface area contributed by atoms with Crippen LogP contribution in [0.5, 0.6) is 0 Å². The van der Waals surface area contributed by atoms with Gasteiger partial charge in [0.05, 0.1) is 11.5 Å². The number of ether oxygens (including phenoxy) is 1. The summed E-state index contributed by atoms with van der Waals surface area (Å²) in [6, 6.07) is 7.67. The maximum absolute atomic E-state index is 14.2. The van der Waals surface area contributed by atoms with Gasteiger partial charge in [0.15, 0.2) is 9.84 Å². The molecule has 2 aromatic rings. The Bertz CT molecular complexity index is 1040. The number of carbonyl (C=O) groups excluding carboxylic acids is 1. The van der Waals surface area contributed by atoms with Gasteiger partial charge in [-0.05, 0) is 49.6 Å². The Labute approximate surface area is 191 Å². The minimum Gasteiger partial charge on any atom is -0.465 e. The Morgan fingerprint density at radius 1 is 0.970 bits per heavy atom. The van der Waals surface area contributed by atoms with E-state index in [-0.39, 0.29) is 17.1 Å². The van der Waals surface area contributed by atoms with E-state index in [1.54, 1.807) is 12.1 Å². The Kier molecular flexibility index (Phi) is 8.29. The SMILES string of the molecule is CCOC(=O)[C@H](CC(C)(C)F)N[C@@H](c1ccc(-c2ccc(S(C)(=O)=O)cc2)cc1)C(F)(F)F. The quantitative estimate of drug-likeness (QED) is 0.396. The van der Waals surface area contributed by atoms with Crippen LogP contribution >= 0.6 is 0 Å². The number of benzene rings is 2. The highest BCUT2D eigenvalue weighted by Crippen LogP contribution is 2.35. The molecule has 0 unspecified atom stereocenters. The molecule has 1 N–H and O–H groups in total. The van der Waals surface area contributed by atoms with E-state index in [0.29, 0.717) is 11.1 Å². The van der Waals surface area contributed by atoms with E-state index < -0.39 is 46.2 Å². The molecule has 0 bridgehead atoms. The number of sulfone groups is 1. The monoisotopic (exact) mass is 489 g/mol. The van der Waals surface area contributed by atoms with Crippen LogP contribution in [0.25, 0.3) is 11.1 Å². The molecule has 0 heterocycles. The molecule has 182 valence electrons. The van der Waals surface area contributed by atoms with E-state index in [2.05, 4.69) is 5.32 Å². The molecular weight excluding hydrogens is 462 g/mol. The van der Waals surface area contributed by atoms with Crippen molar-refractivity contribution in [2.75, 3.05) is 12.9 Å². The zero-order valence-corrected chi connectivity index (χ0v) is 19.6. The lowest BCUT2D eigenvalue weighted by atomic mass is 9.97. The summed E-state index contributed by atoms with van der Waals surface area (Å²) >= 11 is 0. The van der Waals surface area contributed by atoms with Gasteiger partial charge in [0.2, 0.25) is 0 Å². The van der Waals surface area contributed by atoms with Crippen molar-refractivity contribution in [2.24, 2.45) is 0 Å². The van der Waals surface area contributed by atoms with Gasteiger partial charge in [-0.2, -0.15) is 13.2 Å². The van der Waals surface area contributed by atoms with E-state index in [9.17, 15) is 30.8 Å². The molecule has 0 saturated heterocycles. The summed E-state index contributed by atoms with van der Waals surface area (Å²) in [6.07, 6.45) is -4.18. The van der Waals surface area contributed by atoms with Crippen LogP contribution in [0.1, 0.15) is 38.8 Å². The number of nitrogens with one attached hydrogen (secondary N) is 1. The number of hydrogen-bond donors (Lipinski definition) is 1. The largest absolute Gasteiger partial charge is 0.465 e. The standard InChI is InChI=1S/C23H27F4NO4S/c1-5-32-21(29)19(14-22(2,3)24)28-20(23(25,26)27)17-8-6-15(7-9-17)16-10-12-18(13-11-16)33(4,30)31/h6-13,19-20,28H,5,14H2,1-4H3/t19-,20-/m0/s1. The molecule has 2 aromatic carbocycles. The first-order chi connectivity index (χ1) is 15.1. The predicted molar refractivity (Wildman–Crippen MR) is 117 cm³/mol. The van der Waals surface area contributed by atoms with Crippen molar-refractivity contribution in [1.82, 2.24) is 5.32 Å². The summed E-state index contributed by atoms with van der Waals surface area (Å²) in [5, 5.41) is 2.23. The summed E-state index contributed by atoms with van der Waals surface area (Å²) in [5.41, 5.74) is -0.867. The molecule has 2 atom stereocenters. The first kappa shape index (κ1) is 26.8. The third-order valence-electron chi connectivity index (χ3n) is 4.82.